The van der Waals surface area contributed by atoms with E-state index in [0.717, 1.165) is 24.8 Å². The van der Waals surface area contributed by atoms with Crippen LogP contribution in [0.2, 0.25) is 0 Å². The monoisotopic (exact) mass is 240 g/mol. The van der Waals surface area contributed by atoms with E-state index >= 15 is 0 Å². The summed E-state index contributed by atoms with van der Waals surface area (Å²) in [6, 6.07) is 3.50. The van der Waals surface area contributed by atoms with Gasteiger partial charge in [-0.25, -0.2) is 12.7 Å². The van der Waals surface area contributed by atoms with Crippen LogP contribution in [0, 0.1) is 0 Å². The maximum Gasteiger partial charge on any atom is 0.218 e. The van der Waals surface area contributed by atoms with E-state index in [2.05, 4.69) is 4.98 Å². The normalized spacial score (nSPS) is 18.5. The van der Waals surface area contributed by atoms with Crippen molar-refractivity contribution in [2.24, 2.45) is 0 Å². The van der Waals surface area contributed by atoms with Crippen LogP contribution in [0.5, 0.6) is 0 Å². The molecule has 16 heavy (non-hydrogen) atoms. The quantitative estimate of drug-likeness (QED) is 0.802. The number of pyridine rings is 1. The van der Waals surface area contributed by atoms with Gasteiger partial charge in [-0.05, 0) is 30.5 Å². The molecule has 0 aliphatic carbocycles. The first-order valence-corrected chi connectivity index (χ1v) is 7.16. The van der Waals surface area contributed by atoms with Gasteiger partial charge in [0, 0.05) is 25.5 Å². The summed E-state index contributed by atoms with van der Waals surface area (Å²) in [6.07, 6.45) is 6.36. The van der Waals surface area contributed by atoms with E-state index in [0.29, 0.717) is 13.1 Å². The van der Waals surface area contributed by atoms with E-state index in [1.165, 1.54) is 0 Å². The molecule has 1 fully saturated rings. The molecule has 0 atom stereocenters. The molecule has 88 valence electrons. The number of rotatable bonds is 3. The van der Waals surface area contributed by atoms with E-state index in [4.69, 9.17) is 0 Å². The minimum Gasteiger partial charge on any atom is -0.265 e. The van der Waals surface area contributed by atoms with Crippen LogP contribution < -0.4 is 0 Å². The molecule has 5 heteroatoms. The van der Waals surface area contributed by atoms with Gasteiger partial charge in [0.05, 0.1) is 5.75 Å². The van der Waals surface area contributed by atoms with Crippen molar-refractivity contribution in [1.29, 1.82) is 0 Å². The fourth-order valence-corrected chi connectivity index (χ4v) is 3.53. The standard InChI is InChI=1S/C11H16N2O2S/c14-16(15,13-8-2-1-3-9-13)10-11-4-6-12-7-5-11/h4-7H,1-3,8-10H2. The van der Waals surface area contributed by atoms with Crippen LogP contribution >= 0.6 is 0 Å². The average molecular weight is 240 g/mol. The van der Waals surface area contributed by atoms with Gasteiger partial charge in [0.25, 0.3) is 0 Å². The summed E-state index contributed by atoms with van der Waals surface area (Å²) in [5.74, 6) is 0.0928. The van der Waals surface area contributed by atoms with Crippen molar-refractivity contribution in [2.75, 3.05) is 13.1 Å². The number of aromatic nitrogens is 1. The SMILES string of the molecule is O=S(=O)(Cc1ccncc1)N1CCCCC1. The Hall–Kier alpha value is -0.940. The third-order valence-electron chi connectivity index (χ3n) is 2.81. The Morgan fingerprint density at radius 3 is 2.38 bits per heavy atom. The second-order valence-electron chi connectivity index (χ2n) is 4.07. The van der Waals surface area contributed by atoms with Gasteiger partial charge in [-0.3, -0.25) is 4.98 Å². The highest BCUT2D eigenvalue weighted by Gasteiger charge is 2.23. The fraction of sp³-hybridized carbons (Fsp3) is 0.545. The molecule has 0 spiro atoms. The van der Waals surface area contributed by atoms with Crippen molar-refractivity contribution in [3.05, 3.63) is 30.1 Å². The predicted octanol–water partition coefficient (Wildman–Crippen LogP) is 1.40. The molecule has 2 rings (SSSR count). The zero-order valence-electron chi connectivity index (χ0n) is 9.17. The summed E-state index contributed by atoms with van der Waals surface area (Å²) in [4.78, 5) is 3.88. The molecule has 1 aliphatic heterocycles. The molecule has 1 aromatic heterocycles. The van der Waals surface area contributed by atoms with Gasteiger partial charge in [0.15, 0.2) is 0 Å². The number of hydrogen-bond acceptors (Lipinski definition) is 3. The molecule has 1 aliphatic rings. The van der Waals surface area contributed by atoms with Crippen LogP contribution in [0.3, 0.4) is 0 Å². The molecule has 0 radical (unpaired) electrons. The Morgan fingerprint density at radius 1 is 1.12 bits per heavy atom. The smallest absolute Gasteiger partial charge is 0.218 e. The number of hydrogen-bond donors (Lipinski definition) is 0. The third kappa shape index (κ3) is 2.80. The largest absolute Gasteiger partial charge is 0.265 e. The average Bonchev–Trinajstić information content (AvgIpc) is 2.31. The summed E-state index contributed by atoms with van der Waals surface area (Å²) in [6.45, 7) is 1.35. The summed E-state index contributed by atoms with van der Waals surface area (Å²) in [5.41, 5.74) is 0.806. The highest BCUT2D eigenvalue weighted by atomic mass is 32.2. The van der Waals surface area contributed by atoms with Crippen molar-refractivity contribution in [3.8, 4) is 0 Å². The maximum absolute atomic E-state index is 12.1. The molecule has 1 aromatic rings. The molecule has 1 saturated heterocycles. The minimum absolute atomic E-state index is 0.0928. The molecule has 0 saturated carbocycles. The Balaban J connectivity index is 2.08. The second-order valence-corrected chi connectivity index (χ2v) is 6.04. The first kappa shape index (κ1) is 11.5. The van der Waals surface area contributed by atoms with Gasteiger partial charge >= 0.3 is 0 Å². The first-order chi connectivity index (χ1) is 7.68. The van der Waals surface area contributed by atoms with Gasteiger partial charge in [-0.1, -0.05) is 6.42 Å². The van der Waals surface area contributed by atoms with Crippen LogP contribution in [-0.4, -0.2) is 30.8 Å². The van der Waals surface area contributed by atoms with Crippen LogP contribution in [0.25, 0.3) is 0 Å². The molecule has 0 N–H and O–H groups in total. The molecule has 0 aromatic carbocycles. The van der Waals surface area contributed by atoms with Gasteiger partial charge in [0.2, 0.25) is 10.0 Å². The van der Waals surface area contributed by atoms with Gasteiger partial charge in [-0.15, -0.1) is 0 Å². The number of piperidine rings is 1. The molecule has 0 unspecified atom stereocenters. The fourth-order valence-electron chi connectivity index (χ4n) is 1.92. The first-order valence-electron chi connectivity index (χ1n) is 5.55. The van der Waals surface area contributed by atoms with Gasteiger partial charge in [-0.2, -0.15) is 0 Å². The van der Waals surface area contributed by atoms with Crippen LogP contribution in [0.15, 0.2) is 24.5 Å². The van der Waals surface area contributed by atoms with E-state index in [-0.39, 0.29) is 5.75 Å². The zero-order valence-corrected chi connectivity index (χ0v) is 9.99. The Kier molecular flexibility index (Phi) is 3.56. The predicted molar refractivity (Wildman–Crippen MR) is 62.3 cm³/mol. The summed E-state index contributed by atoms with van der Waals surface area (Å²) in [5, 5.41) is 0. The number of nitrogens with zero attached hydrogens (tertiary/aromatic N) is 2. The highest BCUT2D eigenvalue weighted by Crippen LogP contribution is 2.16. The molecule has 4 nitrogen and oxygen atoms in total. The van der Waals surface area contributed by atoms with Crippen molar-refractivity contribution < 1.29 is 8.42 Å². The lowest BCUT2D eigenvalue weighted by molar-refractivity contribution is 0.346. The Bertz CT molecular complexity index is 425. The van der Waals surface area contributed by atoms with Crippen LogP contribution in [0.4, 0.5) is 0 Å². The van der Waals surface area contributed by atoms with Gasteiger partial charge in [0.1, 0.15) is 0 Å². The summed E-state index contributed by atoms with van der Waals surface area (Å²) >= 11 is 0. The Morgan fingerprint density at radius 2 is 1.75 bits per heavy atom. The zero-order chi connectivity index (χ0) is 11.4. The van der Waals surface area contributed by atoms with Crippen molar-refractivity contribution in [3.63, 3.8) is 0 Å². The molecular weight excluding hydrogens is 224 g/mol. The Labute approximate surface area is 96.4 Å². The molecule has 2 heterocycles. The lowest BCUT2D eigenvalue weighted by Gasteiger charge is -2.25. The number of sulfonamides is 1. The summed E-state index contributed by atoms with van der Waals surface area (Å²) in [7, 11) is -3.13. The minimum atomic E-state index is -3.13. The molecule has 0 amide bonds. The third-order valence-corrected chi connectivity index (χ3v) is 4.66. The van der Waals surface area contributed by atoms with Gasteiger partial charge < -0.3 is 0 Å². The highest BCUT2D eigenvalue weighted by molar-refractivity contribution is 7.88. The lowest BCUT2D eigenvalue weighted by atomic mass is 10.2. The van der Waals surface area contributed by atoms with Crippen molar-refractivity contribution >= 4 is 10.0 Å². The van der Waals surface area contributed by atoms with E-state index in [1.807, 2.05) is 0 Å². The molecule has 0 bridgehead atoms. The van der Waals surface area contributed by atoms with Crippen molar-refractivity contribution in [2.45, 2.75) is 25.0 Å². The van der Waals surface area contributed by atoms with E-state index in [9.17, 15) is 8.42 Å². The second kappa shape index (κ2) is 4.93. The lowest BCUT2D eigenvalue weighted by Crippen LogP contribution is -2.36. The maximum atomic E-state index is 12.1. The molecular formula is C11H16N2O2S. The van der Waals surface area contributed by atoms with Crippen LogP contribution in [-0.2, 0) is 15.8 Å². The van der Waals surface area contributed by atoms with Crippen molar-refractivity contribution in [1.82, 2.24) is 9.29 Å². The van der Waals surface area contributed by atoms with E-state index in [1.54, 1.807) is 28.8 Å². The topological polar surface area (TPSA) is 50.3 Å². The van der Waals surface area contributed by atoms with Crippen LogP contribution in [0.1, 0.15) is 24.8 Å². The summed E-state index contributed by atoms with van der Waals surface area (Å²) < 4.78 is 25.7. The van der Waals surface area contributed by atoms with E-state index < -0.39 is 10.0 Å².